The second kappa shape index (κ2) is 3.82. The minimum Gasteiger partial charge on any atom is -0.281 e. The van der Waals surface area contributed by atoms with E-state index in [4.69, 9.17) is 11.6 Å². The number of rotatable bonds is 1. The Kier molecular flexibility index (Phi) is 2.30. The molecule has 0 aliphatic carbocycles. The number of benzene rings is 1. The van der Waals surface area contributed by atoms with Crippen LogP contribution in [0.15, 0.2) is 42.6 Å². The van der Waals surface area contributed by atoms with E-state index in [1.54, 1.807) is 34.9 Å². The number of nitrogens with zero attached hydrogens (tertiary/aromatic N) is 3. The molecular formula is C12H7ClFN3. The number of halogens is 2. The van der Waals surface area contributed by atoms with E-state index in [1.165, 1.54) is 12.1 Å². The Hall–Kier alpha value is -1.94. The van der Waals surface area contributed by atoms with Crippen molar-refractivity contribution in [1.29, 1.82) is 0 Å². The molecule has 1 aromatic carbocycles. The van der Waals surface area contributed by atoms with Gasteiger partial charge >= 0.3 is 0 Å². The summed E-state index contributed by atoms with van der Waals surface area (Å²) in [5.74, 6) is 0.267. The second-order valence-corrected chi connectivity index (χ2v) is 3.99. The molecule has 2 heterocycles. The van der Waals surface area contributed by atoms with E-state index in [-0.39, 0.29) is 5.82 Å². The summed E-state index contributed by atoms with van der Waals surface area (Å²) in [4.78, 5) is 0. The van der Waals surface area contributed by atoms with E-state index >= 15 is 0 Å². The van der Waals surface area contributed by atoms with Crippen molar-refractivity contribution in [3.8, 4) is 11.4 Å². The van der Waals surface area contributed by atoms with Crippen LogP contribution in [0.4, 0.5) is 4.39 Å². The number of pyridine rings is 1. The van der Waals surface area contributed by atoms with Crippen LogP contribution in [-0.4, -0.2) is 14.6 Å². The van der Waals surface area contributed by atoms with E-state index in [9.17, 15) is 4.39 Å². The van der Waals surface area contributed by atoms with Crippen LogP contribution in [0.25, 0.3) is 17.0 Å². The van der Waals surface area contributed by atoms with E-state index in [0.717, 1.165) is 0 Å². The predicted octanol–water partition coefficient (Wildman–Crippen LogP) is 3.19. The van der Waals surface area contributed by atoms with Crippen LogP contribution < -0.4 is 0 Å². The van der Waals surface area contributed by atoms with Crippen molar-refractivity contribution in [2.75, 3.05) is 0 Å². The molecule has 2 aromatic heterocycles. The molecule has 0 aliphatic rings. The van der Waals surface area contributed by atoms with Crippen LogP contribution in [-0.2, 0) is 0 Å². The summed E-state index contributed by atoms with van der Waals surface area (Å²) >= 11 is 5.99. The Morgan fingerprint density at radius 1 is 1.12 bits per heavy atom. The van der Waals surface area contributed by atoms with E-state index in [2.05, 4.69) is 10.2 Å². The second-order valence-electron chi connectivity index (χ2n) is 3.58. The van der Waals surface area contributed by atoms with Crippen LogP contribution in [0.1, 0.15) is 0 Å². The predicted molar refractivity (Wildman–Crippen MR) is 63.4 cm³/mol. The largest absolute Gasteiger partial charge is 0.281 e. The highest BCUT2D eigenvalue weighted by atomic mass is 35.5. The van der Waals surface area contributed by atoms with Crippen LogP contribution in [0, 0.1) is 5.82 Å². The van der Waals surface area contributed by atoms with Gasteiger partial charge in [-0.15, -0.1) is 10.2 Å². The van der Waals surface area contributed by atoms with Crippen LogP contribution in [0.2, 0.25) is 5.02 Å². The maximum Gasteiger partial charge on any atom is 0.179 e. The third-order valence-corrected chi connectivity index (χ3v) is 2.76. The van der Waals surface area contributed by atoms with E-state index < -0.39 is 0 Å². The Balaban J connectivity index is 2.28. The molecule has 0 unspecified atom stereocenters. The molecule has 0 bridgehead atoms. The fourth-order valence-corrected chi connectivity index (χ4v) is 1.91. The fourth-order valence-electron chi connectivity index (χ4n) is 1.71. The lowest BCUT2D eigenvalue weighted by atomic mass is 10.2. The molecule has 0 radical (unpaired) electrons. The zero-order chi connectivity index (χ0) is 11.8. The Morgan fingerprint density at radius 2 is 2.00 bits per heavy atom. The van der Waals surface area contributed by atoms with Gasteiger partial charge in [-0.05, 0) is 24.3 Å². The lowest BCUT2D eigenvalue weighted by Gasteiger charge is -2.00. The van der Waals surface area contributed by atoms with Gasteiger partial charge in [0, 0.05) is 11.8 Å². The average Bonchev–Trinajstić information content (AvgIpc) is 2.74. The molecule has 3 nitrogen and oxygen atoms in total. The van der Waals surface area contributed by atoms with Crippen molar-refractivity contribution in [2.45, 2.75) is 0 Å². The third-order valence-electron chi connectivity index (χ3n) is 2.47. The molecule has 3 rings (SSSR count). The first-order chi connectivity index (χ1) is 8.25. The molecule has 0 amide bonds. The highest BCUT2D eigenvalue weighted by Crippen LogP contribution is 2.22. The molecule has 0 atom stereocenters. The SMILES string of the molecule is Fc1cccc(-c2nnc3c(Cl)cccn23)c1. The third kappa shape index (κ3) is 1.66. The summed E-state index contributed by atoms with van der Waals surface area (Å²) in [6.07, 6.45) is 1.79. The highest BCUT2D eigenvalue weighted by molar-refractivity contribution is 6.33. The number of hydrogen-bond donors (Lipinski definition) is 0. The van der Waals surface area contributed by atoms with Gasteiger partial charge in [-0.3, -0.25) is 4.40 Å². The zero-order valence-corrected chi connectivity index (χ0v) is 9.39. The monoisotopic (exact) mass is 247 g/mol. The molecule has 0 fully saturated rings. The van der Waals surface area contributed by atoms with Gasteiger partial charge in [0.15, 0.2) is 11.5 Å². The standard InChI is InChI=1S/C12H7ClFN3/c13-10-5-2-6-17-11(15-16-12(10)17)8-3-1-4-9(14)7-8/h1-7H. The van der Waals surface area contributed by atoms with Crippen LogP contribution in [0.5, 0.6) is 0 Å². The molecule has 0 saturated carbocycles. The first-order valence-electron chi connectivity index (χ1n) is 5.01. The Labute approximate surface area is 101 Å². The summed E-state index contributed by atoms with van der Waals surface area (Å²) < 4.78 is 14.9. The van der Waals surface area contributed by atoms with Gasteiger partial charge in [0.05, 0.1) is 5.02 Å². The fraction of sp³-hybridized carbons (Fsp3) is 0. The molecule has 84 valence electrons. The van der Waals surface area contributed by atoms with Crippen LogP contribution in [0.3, 0.4) is 0 Å². The Morgan fingerprint density at radius 3 is 2.82 bits per heavy atom. The van der Waals surface area contributed by atoms with Gasteiger partial charge in [0.25, 0.3) is 0 Å². The number of hydrogen-bond acceptors (Lipinski definition) is 2. The molecule has 0 N–H and O–H groups in total. The van der Waals surface area contributed by atoms with Crippen molar-refractivity contribution < 1.29 is 4.39 Å². The number of fused-ring (bicyclic) bond motifs is 1. The highest BCUT2D eigenvalue weighted by Gasteiger charge is 2.10. The van der Waals surface area contributed by atoms with Gasteiger partial charge in [-0.2, -0.15) is 0 Å². The minimum absolute atomic E-state index is 0.304. The summed E-state index contributed by atoms with van der Waals surface area (Å²) in [6, 6.07) is 9.75. The average molecular weight is 248 g/mol. The van der Waals surface area contributed by atoms with Gasteiger partial charge in [0.1, 0.15) is 5.82 Å². The topological polar surface area (TPSA) is 30.2 Å². The van der Waals surface area contributed by atoms with Gasteiger partial charge in [-0.25, -0.2) is 4.39 Å². The molecule has 0 saturated heterocycles. The maximum atomic E-state index is 13.2. The molecule has 0 aliphatic heterocycles. The molecule has 3 aromatic rings. The molecule has 0 spiro atoms. The zero-order valence-electron chi connectivity index (χ0n) is 8.64. The quantitative estimate of drug-likeness (QED) is 0.661. The summed E-state index contributed by atoms with van der Waals surface area (Å²) in [5.41, 5.74) is 1.23. The van der Waals surface area contributed by atoms with Crippen molar-refractivity contribution in [1.82, 2.24) is 14.6 Å². The first-order valence-corrected chi connectivity index (χ1v) is 5.39. The van der Waals surface area contributed by atoms with Crippen LogP contribution >= 0.6 is 11.6 Å². The minimum atomic E-state index is -0.304. The number of aromatic nitrogens is 3. The van der Waals surface area contributed by atoms with Gasteiger partial charge < -0.3 is 0 Å². The molecule has 5 heteroatoms. The van der Waals surface area contributed by atoms with Crippen molar-refractivity contribution in [3.63, 3.8) is 0 Å². The lowest BCUT2D eigenvalue weighted by molar-refractivity contribution is 0.628. The summed E-state index contributed by atoms with van der Waals surface area (Å²) in [6.45, 7) is 0. The normalized spacial score (nSPS) is 10.9. The van der Waals surface area contributed by atoms with Crippen molar-refractivity contribution in [2.24, 2.45) is 0 Å². The van der Waals surface area contributed by atoms with Crippen molar-refractivity contribution in [3.05, 3.63) is 53.4 Å². The lowest BCUT2D eigenvalue weighted by Crippen LogP contribution is -1.89. The molecule has 17 heavy (non-hydrogen) atoms. The van der Waals surface area contributed by atoms with E-state index in [1.807, 2.05) is 0 Å². The maximum absolute atomic E-state index is 13.2. The summed E-state index contributed by atoms with van der Waals surface area (Å²) in [5, 5.41) is 8.53. The smallest absolute Gasteiger partial charge is 0.179 e. The van der Waals surface area contributed by atoms with E-state index in [0.29, 0.717) is 22.1 Å². The van der Waals surface area contributed by atoms with Gasteiger partial charge in [-0.1, -0.05) is 23.7 Å². The molecular weight excluding hydrogens is 241 g/mol. The van der Waals surface area contributed by atoms with Gasteiger partial charge in [0.2, 0.25) is 0 Å². The Bertz CT molecular complexity index is 693. The summed E-state index contributed by atoms with van der Waals surface area (Å²) in [7, 11) is 0. The van der Waals surface area contributed by atoms with Crippen molar-refractivity contribution >= 4 is 17.2 Å². The first kappa shape index (κ1) is 10.2.